The SMILES string of the molecule is O=C1c2cc(O)cc(O)c2C(c2ccc(O)cc2)C2c3c1c(O)cc(O)c3C(c1cc(O)cc(O)c1)C2c1ccc(O)cc1. The van der Waals surface area contributed by atoms with Gasteiger partial charge in [0.1, 0.15) is 46.0 Å². The van der Waals surface area contributed by atoms with Gasteiger partial charge in [0.05, 0.1) is 5.56 Å². The van der Waals surface area contributed by atoms with Crippen molar-refractivity contribution in [3.63, 3.8) is 0 Å². The molecule has 2 aliphatic carbocycles. The number of hydrogen-bond acceptors (Lipinski definition) is 9. The lowest BCUT2D eigenvalue weighted by Gasteiger charge is -2.33. The summed E-state index contributed by atoms with van der Waals surface area (Å²) >= 11 is 0. The van der Waals surface area contributed by atoms with E-state index in [2.05, 4.69) is 0 Å². The number of rotatable bonds is 3. The van der Waals surface area contributed by atoms with Crippen molar-refractivity contribution < 1.29 is 45.6 Å². The molecule has 0 spiro atoms. The van der Waals surface area contributed by atoms with Crippen molar-refractivity contribution in [1.82, 2.24) is 0 Å². The molecule has 0 saturated carbocycles. The topological polar surface area (TPSA) is 179 Å². The molecule has 9 nitrogen and oxygen atoms in total. The van der Waals surface area contributed by atoms with Crippen LogP contribution in [0, 0.1) is 0 Å². The molecule has 8 N–H and O–H groups in total. The molecular weight excluding hydrogens is 564 g/mol. The Kier molecular flexibility index (Phi) is 5.90. The minimum Gasteiger partial charge on any atom is -0.508 e. The number of carbonyl (C=O) groups is 1. The van der Waals surface area contributed by atoms with Gasteiger partial charge in [0.15, 0.2) is 5.78 Å². The predicted molar refractivity (Wildman–Crippen MR) is 158 cm³/mol. The van der Waals surface area contributed by atoms with Crippen LogP contribution in [0.3, 0.4) is 0 Å². The van der Waals surface area contributed by atoms with E-state index < -0.39 is 35.2 Å². The van der Waals surface area contributed by atoms with Crippen molar-refractivity contribution in [2.45, 2.75) is 23.7 Å². The van der Waals surface area contributed by atoms with Crippen molar-refractivity contribution in [3.05, 3.63) is 129 Å². The van der Waals surface area contributed by atoms with Gasteiger partial charge in [0.2, 0.25) is 0 Å². The third-order valence-corrected chi connectivity index (χ3v) is 8.85. The molecule has 0 fully saturated rings. The van der Waals surface area contributed by atoms with Crippen LogP contribution in [0.5, 0.6) is 46.0 Å². The van der Waals surface area contributed by atoms with Crippen molar-refractivity contribution >= 4 is 5.78 Å². The Morgan fingerprint density at radius 3 is 1.55 bits per heavy atom. The highest BCUT2D eigenvalue weighted by atomic mass is 16.3. The molecule has 0 radical (unpaired) electrons. The number of fused-ring (bicyclic) bond motifs is 1. The minimum atomic E-state index is -0.842. The fourth-order valence-corrected chi connectivity index (χ4v) is 7.32. The number of aromatic hydroxyl groups is 8. The van der Waals surface area contributed by atoms with Gasteiger partial charge in [0, 0.05) is 58.6 Å². The first kappa shape index (κ1) is 27.0. The maximum atomic E-state index is 14.3. The quantitative estimate of drug-likeness (QED) is 0.130. The minimum absolute atomic E-state index is 0.00147. The van der Waals surface area contributed by atoms with E-state index in [0.717, 1.165) is 12.1 Å². The first-order chi connectivity index (χ1) is 21.0. The summed E-state index contributed by atoms with van der Waals surface area (Å²) in [4.78, 5) is 14.3. The van der Waals surface area contributed by atoms with Gasteiger partial charge in [-0.3, -0.25) is 4.79 Å². The lowest BCUT2D eigenvalue weighted by molar-refractivity contribution is 0.103. The molecule has 5 aromatic rings. The summed E-state index contributed by atoms with van der Waals surface area (Å²) in [6.07, 6.45) is 0. The molecule has 220 valence electrons. The van der Waals surface area contributed by atoms with E-state index in [1.54, 1.807) is 24.3 Å². The molecule has 0 aromatic heterocycles. The molecule has 0 saturated heterocycles. The lowest BCUT2D eigenvalue weighted by atomic mass is 9.69. The van der Waals surface area contributed by atoms with Crippen LogP contribution in [-0.4, -0.2) is 46.6 Å². The number of phenols is 8. The third-order valence-electron chi connectivity index (χ3n) is 8.85. The van der Waals surface area contributed by atoms with Gasteiger partial charge in [-0.2, -0.15) is 0 Å². The maximum absolute atomic E-state index is 14.3. The zero-order valence-electron chi connectivity index (χ0n) is 22.9. The van der Waals surface area contributed by atoms with E-state index in [9.17, 15) is 45.6 Å². The average Bonchev–Trinajstić information content (AvgIpc) is 3.25. The molecule has 5 aromatic carbocycles. The zero-order valence-corrected chi connectivity index (χ0v) is 22.9. The van der Waals surface area contributed by atoms with Gasteiger partial charge in [0.25, 0.3) is 0 Å². The largest absolute Gasteiger partial charge is 0.508 e. The van der Waals surface area contributed by atoms with Crippen LogP contribution >= 0.6 is 0 Å². The Morgan fingerprint density at radius 2 is 0.932 bits per heavy atom. The van der Waals surface area contributed by atoms with Crippen molar-refractivity contribution in [3.8, 4) is 46.0 Å². The number of phenolic OH excluding ortho intramolecular Hbond substituents is 8. The molecule has 0 heterocycles. The highest BCUT2D eigenvalue weighted by Gasteiger charge is 2.53. The zero-order chi connectivity index (χ0) is 31.0. The summed E-state index contributed by atoms with van der Waals surface area (Å²) in [7, 11) is 0. The summed E-state index contributed by atoms with van der Waals surface area (Å²) in [6.45, 7) is 0. The van der Waals surface area contributed by atoms with Crippen LogP contribution in [0.2, 0.25) is 0 Å². The fourth-order valence-electron chi connectivity index (χ4n) is 7.32. The van der Waals surface area contributed by atoms with Crippen LogP contribution in [0.4, 0.5) is 0 Å². The smallest absolute Gasteiger partial charge is 0.197 e. The second kappa shape index (κ2) is 9.60. The summed E-state index contributed by atoms with van der Waals surface area (Å²) in [5.41, 5.74) is 2.22. The van der Waals surface area contributed by atoms with Crippen molar-refractivity contribution in [1.29, 1.82) is 0 Å². The molecular formula is C35H26O9. The Balaban J connectivity index is 1.66. The molecule has 9 heteroatoms. The number of carbonyl (C=O) groups excluding carboxylic acids is 1. The summed E-state index contributed by atoms with van der Waals surface area (Å²) < 4.78 is 0. The average molecular weight is 591 g/mol. The normalized spacial score (nSPS) is 20.1. The van der Waals surface area contributed by atoms with E-state index in [1.807, 2.05) is 0 Å². The highest BCUT2D eigenvalue weighted by Crippen LogP contribution is 2.66. The fraction of sp³-hybridized carbons (Fsp3) is 0.114. The Morgan fingerprint density at radius 1 is 0.409 bits per heavy atom. The maximum Gasteiger partial charge on any atom is 0.197 e. The van der Waals surface area contributed by atoms with Crippen molar-refractivity contribution in [2.75, 3.05) is 0 Å². The second-order valence-corrected chi connectivity index (χ2v) is 11.3. The molecule has 4 unspecified atom stereocenters. The van der Waals surface area contributed by atoms with Gasteiger partial charge >= 0.3 is 0 Å². The second-order valence-electron chi connectivity index (χ2n) is 11.3. The monoisotopic (exact) mass is 590 g/mol. The predicted octanol–water partition coefficient (Wildman–Crippen LogP) is 5.72. The number of ketones is 1. The molecule has 0 amide bonds. The highest BCUT2D eigenvalue weighted by molar-refractivity contribution is 6.14. The molecule has 2 aliphatic rings. The first-order valence-electron chi connectivity index (χ1n) is 13.8. The van der Waals surface area contributed by atoms with E-state index >= 15 is 0 Å². The van der Waals surface area contributed by atoms with Gasteiger partial charge in [-0.05, 0) is 64.7 Å². The van der Waals surface area contributed by atoms with Crippen LogP contribution in [-0.2, 0) is 0 Å². The van der Waals surface area contributed by atoms with E-state index in [1.165, 1.54) is 48.5 Å². The molecule has 4 atom stereocenters. The van der Waals surface area contributed by atoms with Crippen molar-refractivity contribution in [2.24, 2.45) is 0 Å². The van der Waals surface area contributed by atoms with Gasteiger partial charge in [-0.1, -0.05) is 24.3 Å². The Hall–Kier alpha value is -5.83. The number of benzene rings is 5. The van der Waals surface area contributed by atoms with Gasteiger partial charge in [-0.25, -0.2) is 0 Å². The van der Waals surface area contributed by atoms with E-state index in [0.29, 0.717) is 22.3 Å². The van der Waals surface area contributed by atoms with Gasteiger partial charge < -0.3 is 40.9 Å². The van der Waals surface area contributed by atoms with E-state index in [-0.39, 0.29) is 62.5 Å². The number of hydrogen-bond donors (Lipinski definition) is 8. The van der Waals surface area contributed by atoms with Crippen LogP contribution in [0.25, 0.3) is 0 Å². The summed E-state index contributed by atoms with van der Waals surface area (Å²) in [5.74, 6) is -5.82. The summed E-state index contributed by atoms with van der Waals surface area (Å²) in [5, 5.41) is 85.8. The van der Waals surface area contributed by atoms with Crippen LogP contribution in [0.1, 0.15) is 73.0 Å². The molecule has 44 heavy (non-hydrogen) atoms. The molecule has 0 bridgehead atoms. The lowest BCUT2D eigenvalue weighted by Crippen LogP contribution is -2.20. The third kappa shape index (κ3) is 3.97. The standard InChI is InChI=1S/C35H26O9/c36-18-5-1-15(2-6-18)27-29(17-9-20(38)11-21(39)10-17)31-25(42)14-26(43)32-34(31)33(27)28(16-3-7-19(37)8-4-16)30-23(35(32)44)12-22(40)13-24(30)41/h1-14,27-29,33,36-43H. The van der Waals surface area contributed by atoms with E-state index in [4.69, 9.17) is 0 Å². The Labute approximate surface area is 250 Å². The van der Waals surface area contributed by atoms with Gasteiger partial charge in [-0.15, -0.1) is 0 Å². The van der Waals surface area contributed by atoms with Crippen LogP contribution in [0.15, 0.2) is 84.9 Å². The molecule has 7 rings (SSSR count). The summed E-state index contributed by atoms with van der Waals surface area (Å²) in [6, 6.07) is 20.1. The van der Waals surface area contributed by atoms with Crippen LogP contribution < -0.4 is 0 Å². The Bertz CT molecular complexity index is 1960. The first-order valence-corrected chi connectivity index (χ1v) is 13.8. The molecule has 0 aliphatic heterocycles.